The molecule has 2 saturated heterocycles. The van der Waals surface area contributed by atoms with Gasteiger partial charge in [0.1, 0.15) is 27.9 Å². The molecule has 0 saturated carbocycles. The first-order valence-electron chi connectivity index (χ1n) is 18.1. The van der Waals surface area contributed by atoms with Gasteiger partial charge >= 0.3 is 0 Å². The van der Waals surface area contributed by atoms with Crippen LogP contribution in [0.2, 0.25) is 0 Å². The van der Waals surface area contributed by atoms with Gasteiger partial charge in [-0.15, -0.1) is 0 Å². The lowest BCUT2D eigenvalue weighted by molar-refractivity contribution is -0.121. The smallest absolute Gasteiger partial charge is 0.256 e. The molecular formula is C39H44FN7O5. The Morgan fingerprint density at radius 3 is 2.62 bits per heavy atom. The quantitative estimate of drug-likeness (QED) is 0.203. The van der Waals surface area contributed by atoms with Crippen molar-refractivity contribution in [1.82, 2.24) is 29.9 Å². The summed E-state index contributed by atoms with van der Waals surface area (Å²) in [4.78, 5) is 48.8. The van der Waals surface area contributed by atoms with E-state index >= 15 is 4.39 Å². The number of anilines is 1. The Hall–Kier alpha value is -4.98. The third kappa shape index (κ3) is 6.37. The van der Waals surface area contributed by atoms with Gasteiger partial charge in [-0.05, 0) is 58.7 Å². The summed E-state index contributed by atoms with van der Waals surface area (Å²) in [6.45, 7) is 6.75. The summed E-state index contributed by atoms with van der Waals surface area (Å²) in [5.74, 6) is -0.555. The number of carbonyl (C=O) groups is 2. The molecule has 3 aromatic carbocycles. The Bertz CT molecular complexity index is 2260. The summed E-state index contributed by atoms with van der Waals surface area (Å²) in [5, 5.41) is 7.80. The number of nitrogens with zero attached hydrogens (tertiary/aromatic N) is 5. The fraction of sp³-hybridized carbons (Fsp3) is 0.410. The van der Waals surface area contributed by atoms with Gasteiger partial charge < -0.3 is 44.0 Å². The number of hydrogen-bond acceptors (Lipinski definition) is 9. The number of para-hydroxylation sites is 1. The lowest BCUT2D eigenvalue weighted by atomic mass is 10.0. The maximum absolute atomic E-state index is 16.4. The van der Waals surface area contributed by atoms with E-state index in [0.29, 0.717) is 67.1 Å². The molecule has 13 heteroatoms. The zero-order chi connectivity index (χ0) is 36.1. The highest BCUT2D eigenvalue weighted by atomic mass is 19.1. The molecule has 2 aromatic heterocycles. The van der Waals surface area contributed by atoms with Crippen LogP contribution in [0.25, 0.3) is 38.5 Å². The van der Waals surface area contributed by atoms with Crippen LogP contribution in [-0.4, -0.2) is 117 Å². The minimum atomic E-state index is -0.631. The highest BCUT2D eigenvalue weighted by Crippen LogP contribution is 2.49. The molecule has 2 fully saturated rings. The molecule has 5 aromatic rings. The lowest BCUT2D eigenvalue weighted by Gasteiger charge is -2.32. The Kier molecular flexibility index (Phi) is 9.10. The normalized spacial score (nSPS) is 17.6. The molecule has 0 spiro atoms. The van der Waals surface area contributed by atoms with Crippen LogP contribution >= 0.6 is 0 Å². The number of pyridine rings is 1. The topological polar surface area (TPSA) is 116 Å². The fourth-order valence-corrected chi connectivity index (χ4v) is 7.66. The van der Waals surface area contributed by atoms with Crippen molar-refractivity contribution >= 4 is 50.3 Å². The number of aromatic nitrogens is 1. The zero-order valence-corrected chi connectivity index (χ0v) is 29.8. The molecule has 2 amide bonds. The molecule has 3 aliphatic heterocycles. The highest BCUT2D eigenvalue weighted by Gasteiger charge is 2.34. The molecule has 2 N–H and O–H groups in total. The molecule has 3 aliphatic rings. The molecule has 272 valence electrons. The van der Waals surface area contributed by atoms with E-state index in [4.69, 9.17) is 9.15 Å². The minimum Gasteiger partial charge on any atom is -0.456 e. The minimum absolute atomic E-state index is 0.0458. The number of halogens is 1. The third-order valence-electron chi connectivity index (χ3n) is 10.5. The van der Waals surface area contributed by atoms with E-state index in [1.807, 2.05) is 60.3 Å². The summed E-state index contributed by atoms with van der Waals surface area (Å²) in [6.07, 6.45) is 3.28. The number of fused-ring (bicyclic) bond motifs is 5. The third-order valence-corrected chi connectivity index (χ3v) is 10.5. The van der Waals surface area contributed by atoms with E-state index in [1.54, 1.807) is 10.8 Å². The van der Waals surface area contributed by atoms with Crippen LogP contribution in [-0.2, 0) is 4.79 Å². The van der Waals surface area contributed by atoms with Gasteiger partial charge in [0.25, 0.3) is 5.91 Å². The number of ether oxygens (including phenoxy) is 1. The van der Waals surface area contributed by atoms with Crippen molar-refractivity contribution in [2.24, 2.45) is 0 Å². The first-order valence-corrected chi connectivity index (χ1v) is 18.1. The maximum atomic E-state index is 16.4. The summed E-state index contributed by atoms with van der Waals surface area (Å²) >= 11 is 0. The van der Waals surface area contributed by atoms with Crippen LogP contribution in [0.15, 0.2) is 57.9 Å². The Balaban J connectivity index is 1.16. The summed E-state index contributed by atoms with van der Waals surface area (Å²) < 4.78 is 31.0. The van der Waals surface area contributed by atoms with E-state index < -0.39 is 17.2 Å². The van der Waals surface area contributed by atoms with Gasteiger partial charge in [-0.3, -0.25) is 14.4 Å². The standard InChI is InChI=1S/C39H44FN7O5/c1-43(2)13-10-34(48)42-24-9-14-46(22-24)36-29(40)19-27-35-38(36)52-33-20-26-25-7-4-5-8-31(25)51-32(26)21-30(33)47(35)23-28(37(27)49)39(50)41-11-6-12-45-17-15-44(3)16-18-45/h4-5,7-8,19-21,23-24H,6,9-18,22H2,1-3H3,(H,41,50)(H,42,48)/t24-/m1/s1. The Labute approximate surface area is 300 Å². The Morgan fingerprint density at radius 1 is 1.00 bits per heavy atom. The number of hydrogen-bond donors (Lipinski definition) is 2. The van der Waals surface area contributed by atoms with Gasteiger partial charge in [-0.25, -0.2) is 4.39 Å². The van der Waals surface area contributed by atoms with Gasteiger partial charge in [0, 0.05) is 87.9 Å². The maximum Gasteiger partial charge on any atom is 0.256 e. The Morgan fingerprint density at radius 2 is 1.81 bits per heavy atom. The average molecular weight is 710 g/mol. The second kappa shape index (κ2) is 13.9. The molecule has 0 bridgehead atoms. The summed E-state index contributed by atoms with van der Waals surface area (Å²) in [7, 11) is 5.95. The molecule has 52 heavy (non-hydrogen) atoms. The number of furan rings is 1. The van der Waals surface area contributed by atoms with Crippen LogP contribution < -0.4 is 25.7 Å². The van der Waals surface area contributed by atoms with E-state index in [1.165, 1.54) is 6.07 Å². The molecule has 0 aliphatic carbocycles. The van der Waals surface area contributed by atoms with Gasteiger partial charge in [-0.2, -0.15) is 0 Å². The predicted octanol–water partition coefficient (Wildman–Crippen LogP) is 4.15. The van der Waals surface area contributed by atoms with E-state index in [9.17, 15) is 14.4 Å². The number of nitrogens with one attached hydrogen (secondary N) is 2. The molecule has 5 heterocycles. The second-order valence-corrected chi connectivity index (χ2v) is 14.5. The van der Waals surface area contributed by atoms with Gasteiger partial charge in [-0.1, -0.05) is 18.2 Å². The van der Waals surface area contributed by atoms with Crippen molar-refractivity contribution in [2.45, 2.75) is 25.3 Å². The molecule has 8 rings (SSSR count). The SMILES string of the molecule is CN(C)CCC(=O)N[C@@H]1CCN(c2c(F)cc3c(=O)c(C(=O)NCCCN4CCN(C)CC4)cn4c3c2Oc2cc3c(cc2-4)oc2ccccc23)C1. The van der Waals surface area contributed by atoms with Crippen LogP contribution in [0.4, 0.5) is 10.1 Å². The van der Waals surface area contributed by atoms with Crippen molar-refractivity contribution in [3.8, 4) is 17.2 Å². The first kappa shape index (κ1) is 34.1. The number of amides is 2. The number of benzene rings is 3. The van der Waals surface area contributed by atoms with Crippen LogP contribution in [0.1, 0.15) is 29.6 Å². The van der Waals surface area contributed by atoms with Crippen LogP contribution in [0.5, 0.6) is 11.5 Å². The van der Waals surface area contributed by atoms with Gasteiger partial charge in [0.2, 0.25) is 11.3 Å². The van der Waals surface area contributed by atoms with E-state index in [-0.39, 0.29) is 34.3 Å². The van der Waals surface area contributed by atoms with Crippen molar-refractivity contribution in [2.75, 3.05) is 84.9 Å². The molecular weight excluding hydrogens is 665 g/mol. The molecule has 0 unspecified atom stereocenters. The van der Waals surface area contributed by atoms with Gasteiger partial charge in [0.05, 0.1) is 11.1 Å². The largest absolute Gasteiger partial charge is 0.456 e. The predicted molar refractivity (Wildman–Crippen MR) is 200 cm³/mol. The highest BCUT2D eigenvalue weighted by molar-refractivity contribution is 6.07. The first-order chi connectivity index (χ1) is 25.1. The number of carbonyl (C=O) groups excluding carboxylic acids is 2. The zero-order valence-electron chi connectivity index (χ0n) is 29.8. The molecule has 12 nitrogen and oxygen atoms in total. The summed E-state index contributed by atoms with van der Waals surface area (Å²) in [6, 6.07) is 12.5. The lowest BCUT2D eigenvalue weighted by Crippen LogP contribution is -2.45. The average Bonchev–Trinajstić information content (AvgIpc) is 3.74. The van der Waals surface area contributed by atoms with Crippen LogP contribution in [0.3, 0.4) is 0 Å². The molecule has 1 atom stereocenters. The molecule has 0 radical (unpaired) electrons. The van der Waals surface area contributed by atoms with Crippen molar-refractivity contribution in [3.63, 3.8) is 0 Å². The van der Waals surface area contributed by atoms with Crippen LogP contribution in [0, 0.1) is 5.82 Å². The fourth-order valence-electron chi connectivity index (χ4n) is 7.66. The van der Waals surface area contributed by atoms with Gasteiger partial charge in [0.15, 0.2) is 17.3 Å². The number of likely N-dealkylation sites (N-methyl/N-ethyl adjacent to an activating group) is 1. The van der Waals surface area contributed by atoms with E-state index in [2.05, 4.69) is 27.5 Å². The van der Waals surface area contributed by atoms with Crippen molar-refractivity contribution in [3.05, 3.63) is 70.3 Å². The van der Waals surface area contributed by atoms with Crippen molar-refractivity contribution in [1.29, 1.82) is 0 Å². The van der Waals surface area contributed by atoms with Crippen molar-refractivity contribution < 1.29 is 23.1 Å². The number of piperazine rings is 1. The van der Waals surface area contributed by atoms with E-state index in [0.717, 1.165) is 49.9 Å². The summed E-state index contributed by atoms with van der Waals surface area (Å²) in [5.41, 5.74) is 1.83. The number of rotatable bonds is 10. The monoisotopic (exact) mass is 709 g/mol. The second-order valence-electron chi connectivity index (χ2n) is 14.5.